The zero-order valence-corrected chi connectivity index (χ0v) is 11.8. The van der Waals surface area contributed by atoms with E-state index >= 15 is 0 Å². The Labute approximate surface area is 117 Å². The van der Waals surface area contributed by atoms with Gasteiger partial charge in [0.25, 0.3) is 0 Å². The van der Waals surface area contributed by atoms with E-state index in [9.17, 15) is 5.11 Å². The highest BCUT2D eigenvalue weighted by molar-refractivity contribution is 6.30. The summed E-state index contributed by atoms with van der Waals surface area (Å²) >= 11 is 5.94. The maximum atomic E-state index is 9.34. The van der Waals surface area contributed by atoms with Crippen molar-refractivity contribution in [1.29, 1.82) is 0 Å². The summed E-state index contributed by atoms with van der Waals surface area (Å²) in [5.41, 5.74) is 1.62. The molecule has 1 aromatic carbocycles. The summed E-state index contributed by atoms with van der Waals surface area (Å²) in [5, 5.41) is 14.2. The normalized spacial score (nSPS) is 10.7. The van der Waals surface area contributed by atoms with Gasteiger partial charge in [0, 0.05) is 17.6 Å². The number of benzene rings is 1. The fourth-order valence-electron chi connectivity index (χ4n) is 2.00. The highest BCUT2D eigenvalue weighted by Crippen LogP contribution is 2.29. The lowest BCUT2D eigenvalue weighted by Crippen LogP contribution is -1.97. The first-order chi connectivity index (χ1) is 9.15. The van der Waals surface area contributed by atoms with Crippen LogP contribution in [0.25, 0.3) is 0 Å². The lowest BCUT2D eigenvalue weighted by molar-refractivity contribution is 0.274. The molecule has 0 aliphatic rings. The van der Waals surface area contributed by atoms with E-state index in [4.69, 9.17) is 16.3 Å². The Morgan fingerprint density at radius 1 is 1.42 bits per heavy atom. The van der Waals surface area contributed by atoms with E-state index in [1.807, 2.05) is 12.1 Å². The van der Waals surface area contributed by atoms with Crippen molar-refractivity contribution >= 4 is 11.6 Å². The number of aryl methyl sites for hydroxylation is 1. The summed E-state index contributed by atoms with van der Waals surface area (Å²) in [7, 11) is 1.80. The first-order valence-electron chi connectivity index (χ1n) is 6.24. The summed E-state index contributed by atoms with van der Waals surface area (Å²) in [4.78, 5) is 0. The molecule has 0 atom stereocenters. The van der Waals surface area contributed by atoms with Crippen molar-refractivity contribution in [2.75, 3.05) is 0 Å². The molecule has 0 amide bonds. The van der Waals surface area contributed by atoms with Crippen LogP contribution >= 0.6 is 11.6 Å². The number of aliphatic hydroxyl groups excluding tert-OH is 1. The molecule has 102 valence electrons. The third-order valence-electron chi connectivity index (χ3n) is 2.83. The Hall–Kier alpha value is -1.52. The Morgan fingerprint density at radius 2 is 2.21 bits per heavy atom. The van der Waals surface area contributed by atoms with Gasteiger partial charge < -0.3 is 9.84 Å². The first kappa shape index (κ1) is 13.9. The molecule has 2 aromatic rings. The molecule has 0 aliphatic heterocycles. The number of aliphatic hydroxyl groups is 1. The van der Waals surface area contributed by atoms with Crippen LogP contribution in [-0.2, 0) is 20.1 Å². The van der Waals surface area contributed by atoms with Crippen molar-refractivity contribution in [3.8, 4) is 11.6 Å². The van der Waals surface area contributed by atoms with Crippen LogP contribution in [-0.4, -0.2) is 14.9 Å². The molecular weight excluding hydrogens is 264 g/mol. The van der Waals surface area contributed by atoms with Gasteiger partial charge in [0.05, 0.1) is 12.3 Å². The second kappa shape index (κ2) is 6.08. The SMILES string of the molecule is CCCc1c(CO)nn(C)c1Oc1cccc(Cl)c1. The highest BCUT2D eigenvalue weighted by atomic mass is 35.5. The largest absolute Gasteiger partial charge is 0.439 e. The average Bonchev–Trinajstić information content (AvgIpc) is 2.67. The van der Waals surface area contributed by atoms with E-state index in [1.54, 1.807) is 23.9 Å². The molecule has 19 heavy (non-hydrogen) atoms. The van der Waals surface area contributed by atoms with Crippen LogP contribution in [0, 0.1) is 0 Å². The van der Waals surface area contributed by atoms with Crippen molar-refractivity contribution in [3.05, 3.63) is 40.5 Å². The maximum absolute atomic E-state index is 9.34. The molecular formula is C14H17ClN2O2. The van der Waals surface area contributed by atoms with Gasteiger partial charge in [0.15, 0.2) is 0 Å². The third-order valence-corrected chi connectivity index (χ3v) is 3.07. The van der Waals surface area contributed by atoms with Crippen LogP contribution in [0.4, 0.5) is 0 Å². The van der Waals surface area contributed by atoms with Gasteiger partial charge in [-0.05, 0) is 24.6 Å². The number of nitrogens with zero attached hydrogens (tertiary/aromatic N) is 2. The predicted octanol–water partition coefficient (Wildman–Crippen LogP) is 3.31. The van der Waals surface area contributed by atoms with Gasteiger partial charge in [-0.2, -0.15) is 5.10 Å². The van der Waals surface area contributed by atoms with Gasteiger partial charge in [-0.25, -0.2) is 4.68 Å². The molecule has 0 saturated carbocycles. The molecule has 0 spiro atoms. The van der Waals surface area contributed by atoms with Crippen LogP contribution in [0.15, 0.2) is 24.3 Å². The molecule has 0 fully saturated rings. The lowest BCUT2D eigenvalue weighted by atomic mass is 10.1. The summed E-state index contributed by atoms with van der Waals surface area (Å²) in [5.74, 6) is 1.32. The van der Waals surface area contributed by atoms with Gasteiger partial charge in [0.2, 0.25) is 5.88 Å². The van der Waals surface area contributed by atoms with E-state index in [0.29, 0.717) is 22.3 Å². The molecule has 5 heteroatoms. The molecule has 0 unspecified atom stereocenters. The minimum Gasteiger partial charge on any atom is -0.439 e. The minimum atomic E-state index is -0.0813. The number of halogens is 1. The highest BCUT2D eigenvalue weighted by Gasteiger charge is 2.16. The van der Waals surface area contributed by atoms with Crippen LogP contribution in [0.5, 0.6) is 11.6 Å². The van der Waals surface area contributed by atoms with Gasteiger partial charge in [0.1, 0.15) is 5.75 Å². The molecule has 0 bridgehead atoms. The fourth-order valence-corrected chi connectivity index (χ4v) is 2.18. The summed E-state index contributed by atoms with van der Waals surface area (Å²) in [6, 6.07) is 7.22. The van der Waals surface area contributed by atoms with Crippen molar-refractivity contribution in [2.24, 2.45) is 7.05 Å². The molecule has 1 N–H and O–H groups in total. The van der Waals surface area contributed by atoms with Crippen molar-refractivity contribution in [2.45, 2.75) is 26.4 Å². The lowest BCUT2D eigenvalue weighted by Gasteiger charge is -2.08. The second-order valence-electron chi connectivity index (χ2n) is 4.32. The number of hydrogen-bond acceptors (Lipinski definition) is 3. The minimum absolute atomic E-state index is 0.0813. The molecule has 1 aromatic heterocycles. The van der Waals surface area contributed by atoms with Gasteiger partial charge >= 0.3 is 0 Å². The van der Waals surface area contributed by atoms with E-state index in [-0.39, 0.29) is 6.61 Å². The zero-order valence-electron chi connectivity index (χ0n) is 11.1. The van der Waals surface area contributed by atoms with Crippen LogP contribution in [0.1, 0.15) is 24.6 Å². The third kappa shape index (κ3) is 3.08. The maximum Gasteiger partial charge on any atom is 0.221 e. The quantitative estimate of drug-likeness (QED) is 0.914. The van der Waals surface area contributed by atoms with Crippen molar-refractivity contribution in [3.63, 3.8) is 0 Å². The molecule has 1 heterocycles. The Bertz CT molecular complexity index is 567. The molecule has 4 nitrogen and oxygen atoms in total. The number of aromatic nitrogens is 2. The molecule has 0 saturated heterocycles. The van der Waals surface area contributed by atoms with E-state index < -0.39 is 0 Å². The van der Waals surface area contributed by atoms with Crippen LogP contribution in [0.3, 0.4) is 0 Å². The summed E-state index contributed by atoms with van der Waals surface area (Å²) < 4.78 is 7.51. The average molecular weight is 281 g/mol. The molecule has 0 radical (unpaired) electrons. The zero-order chi connectivity index (χ0) is 13.8. The number of ether oxygens (including phenoxy) is 1. The van der Waals surface area contributed by atoms with E-state index in [0.717, 1.165) is 18.4 Å². The molecule has 2 rings (SSSR count). The number of rotatable bonds is 5. The topological polar surface area (TPSA) is 47.3 Å². The first-order valence-corrected chi connectivity index (χ1v) is 6.62. The fraction of sp³-hybridized carbons (Fsp3) is 0.357. The Morgan fingerprint density at radius 3 is 2.84 bits per heavy atom. The van der Waals surface area contributed by atoms with Crippen LogP contribution in [0.2, 0.25) is 5.02 Å². The van der Waals surface area contributed by atoms with Gasteiger partial charge in [-0.1, -0.05) is 31.0 Å². The van der Waals surface area contributed by atoms with Gasteiger partial charge in [-0.3, -0.25) is 0 Å². The van der Waals surface area contributed by atoms with Crippen molar-refractivity contribution < 1.29 is 9.84 Å². The second-order valence-corrected chi connectivity index (χ2v) is 4.76. The predicted molar refractivity (Wildman–Crippen MR) is 74.7 cm³/mol. The molecule has 0 aliphatic carbocycles. The Balaban J connectivity index is 2.35. The van der Waals surface area contributed by atoms with Crippen LogP contribution < -0.4 is 4.74 Å². The summed E-state index contributed by atoms with van der Waals surface area (Å²) in [6.07, 6.45) is 1.78. The van der Waals surface area contributed by atoms with E-state index in [1.165, 1.54) is 0 Å². The summed E-state index contributed by atoms with van der Waals surface area (Å²) in [6.45, 7) is 2.00. The monoisotopic (exact) mass is 280 g/mol. The van der Waals surface area contributed by atoms with Crippen molar-refractivity contribution in [1.82, 2.24) is 9.78 Å². The number of hydrogen-bond donors (Lipinski definition) is 1. The smallest absolute Gasteiger partial charge is 0.221 e. The van der Waals surface area contributed by atoms with E-state index in [2.05, 4.69) is 12.0 Å². The van der Waals surface area contributed by atoms with Gasteiger partial charge in [-0.15, -0.1) is 0 Å². The standard InChI is InChI=1S/C14H17ClN2O2/c1-3-5-12-13(9-18)16-17(2)14(12)19-11-7-4-6-10(15)8-11/h4,6-8,18H,3,5,9H2,1-2H3. The Kier molecular flexibility index (Phi) is 4.45.